The minimum Gasteiger partial charge on any atom is -0.747 e. The second kappa shape index (κ2) is 44.4. The Morgan fingerprint density at radius 2 is 0.603 bits per heavy atom. The van der Waals surface area contributed by atoms with Gasteiger partial charge in [-0.3, -0.25) is 13.7 Å². The van der Waals surface area contributed by atoms with Gasteiger partial charge in [0.25, 0.3) is 0 Å². The largest absolute Gasteiger partial charge is 1.00 e. The number of unbranched alkanes of at least 4 members (excludes halogenated alkanes) is 6. The van der Waals surface area contributed by atoms with Crippen molar-refractivity contribution in [2.75, 3.05) is 0 Å². The van der Waals surface area contributed by atoms with Crippen molar-refractivity contribution in [2.45, 2.75) is 171 Å². The molecule has 426 valence electrons. The molecule has 18 nitrogen and oxygen atoms in total. The first-order chi connectivity index (χ1) is 34.8. The summed E-state index contributed by atoms with van der Waals surface area (Å²) in [6.07, 6.45) is 19.3. The van der Waals surface area contributed by atoms with Crippen LogP contribution in [0.15, 0.2) is 126 Å². The SMILES string of the molecule is C/C(=C\CCCC(P(=O)(O)O)S(=O)(=O)[O-])CCCCc1ccccc1.C/C(=C\CCCC(P(=O)(O)O)S(=O)(=O)[O-])CCCCc1ccccc1.C/C(=C\CCCC(P(=O)(O)O)S(=O)(=O)[O-])CCCCc1ccccc1.[K+].[K+].[K+]. The van der Waals surface area contributed by atoms with Crippen molar-refractivity contribution in [3.63, 3.8) is 0 Å². The summed E-state index contributed by atoms with van der Waals surface area (Å²) in [7, 11) is -29.8. The monoisotopic (exact) mass is 1280 g/mol. The van der Waals surface area contributed by atoms with E-state index in [0.29, 0.717) is 19.3 Å². The van der Waals surface area contributed by atoms with Crippen LogP contribution >= 0.6 is 22.8 Å². The fraction of sp³-hybridized carbons (Fsp3) is 0.529. The number of rotatable bonds is 33. The summed E-state index contributed by atoms with van der Waals surface area (Å²) in [6.45, 7) is 5.94. The molecule has 0 aliphatic heterocycles. The molecule has 6 N–H and O–H groups in total. The van der Waals surface area contributed by atoms with Gasteiger partial charge < -0.3 is 43.0 Å². The molecule has 0 aliphatic rings. The van der Waals surface area contributed by atoms with Crippen molar-refractivity contribution >= 4 is 53.1 Å². The van der Waals surface area contributed by atoms with E-state index in [1.807, 2.05) is 93.6 Å². The molecule has 0 bridgehead atoms. The molecule has 0 aliphatic carbocycles. The van der Waals surface area contributed by atoms with E-state index in [1.54, 1.807) is 0 Å². The molecule has 0 spiro atoms. The van der Waals surface area contributed by atoms with Gasteiger partial charge in [0.1, 0.15) is 30.4 Å². The van der Waals surface area contributed by atoms with Gasteiger partial charge in [0.15, 0.2) is 15.0 Å². The molecular weight excluding hydrogens is 1210 g/mol. The van der Waals surface area contributed by atoms with Crippen LogP contribution in [0.25, 0.3) is 0 Å². The fourth-order valence-electron chi connectivity index (χ4n) is 7.80. The Labute approximate surface area is 592 Å². The van der Waals surface area contributed by atoms with Gasteiger partial charge >= 0.3 is 177 Å². The molecule has 0 heterocycles. The van der Waals surface area contributed by atoms with Crippen molar-refractivity contribution in [3.8, 4) is 0 Å². The third-order valence-corrected chi connectivity index (χ3v) is 22.5. The Bertz CT molecular complexity index is 2390. The minimum absolute atomic E-state index is 0. The summed E-state index contributed by atoms with van der Waals surface area (Å²) >= 11 is 0. The number of allylic oxidation sites excluding steroid dienone is 6. The maximum Gasteiger partial charge on any atom is 1.00 e. The van der Waals surface area contributed by atoms with Crippen molar-refractivity contribution in [1.29, 1.82) is 0 Å². The molecule has 0 saturated heterocycles. The second-order valence-electron chi connectivity index (χ2n) is 18.6. The smallest absolute Gasteiger partial charge is 0.747 e. The predicted octanol–water partition coefficient (Wildman–Crippen LogP) is 1.71. The Morgan fingerprint density at radius 3 is 0.782 bits per heavy atom. The Balaban J connectivity index is -0.00000106. The standard InChI is InChI=1S/3C17H27O6PS.3K/c3*1-15(9-5-7-13-16-11-3-2-4-12-16)10-6-8-14-17(24(18,19)20)25(21,22)23;;;/h3*2-4,10-12,17H,5-9,13-14H2,1H3,(H2,18,19,20)(H,21,22,23);;;/q;;;3*+1/p-3/b3*15-10+;;;. The van der Waals surface area contributed by atoms with Crippen LogP contribution in [0, 0.1) is 0 Å². The third kappa shape index (κ3) is 42.7. The van der Waals surface area contributed by atoms with Gasteiger partial charge in [0.2, 0.25) is 0 Å². The zero-order valence-electron chi connectivity index (χ0n) is 46.1. The molecule has 0 amide bonds. The van der Waals surface area contributed by atoms with E-state index in [-0.39, 0.29) is 193 Å². The summed E-state index contributed by atoms with van der Waals surface area (Å²) in [5.41, 5.74) is 7.41. The van der Waals surface area contributed by atoms with Crippen LogP contribution in [0.3, 0.4) is 0 Å². The van der Waals surface area contributed by atoms with Crippen LogP contribution in [-0.4, -0.2) is 83.2 Å². The van der Waals surface area contributed by atoms with Crippen molar-refractivity contribution < 1.29 is 236 Å². The molecular formula is C51H78K3O18P3S3. The molecule has 3 unspecified atom stereocenters. The zero-order chi connectivity index (χ0) is 56.8. The molecule has 0 radical (unpaired) electrons. The van der Waals surface area contributed by atoms with Crippen LogP contribution < -0.4 is 154 Å². The normalized spacial score (nSPS) is 13.9. The van der Waals surface area contributed by atoms with E-state index in [4.69, 9.17) is 29.4 Å². The zero-order valence-corrected chi connectivity index (χ0v) is 60.6. The summed E-state index contributed by atoms with van der Waals surface area (Å²) in [5.74, 6) is 0. The summed E-state index contributed by atoms with van der Waals surface area (Å²) in [5, 5.41) is 0. The van der Waals surface area contributed by atoms with Gasteiger partial charge in [-0.1, -0.05) is 126 Å². The summed E-state index contributed by atoms with van der Waals surface area (Å²) in [6, 6.07) is 30.7. The van der Waals surface area contributed by atoms with Crippen molar-refractivity contribution in [3.05, 3.63) is 143 Å². The van der Waals surface area contributed by atoms with E-state index in [9.17, 15) is 52.6 Å². The first-order valence-corrected chi connectivity index (χ1v) is 34.4. The molecule has 0 fully saturated rings. The van der Waals surface area contributed by atoms with E-state index in [1.165, 1.54) is 16.7 Å². The van der Waals surface area contributed by atoms with Crippen molar-refractivity contribution in [1.82, 2.24) is 0 Å². The average Bonchev–Trinajstić information content (AvgIpc) is 3.29. The first kappa shape index (κ1) is 84.2. The van der Waals surface area contributed by atoms with E-state index < -0.39 is 68.1 Å². The van der Waals surface area contributed by atoms with Gasteiger partial charge in [-0.2, -0.15) is 0 Å². The van der Waals surface area contributed by atoms with Gasteiger partial charge in [-0.25, -0.2) is 25.3 Å². The molecule has 3 aromatic carbocycles. The van der Waals surface area contributed by atoms with Crippen molar-refractivity contribution in [2.24, 2.45) is 0 Å². The van der Waals surface area contributed by atoms with Crippen LogP contribution in [-0.2, 0) is 63.3 Å². The molecule has 3 atom stereocenters. The summed E-state index contributed by atoms with van der Waals surface area (Å²) < 4.78 is 132. The fourth-order valence-corrected chi connectivity index (χ4v) is 14.8. The molecule has 3 rings (SSSR count). The minimum atomic E-state index is -5.00. The summed E-state index contributed by atoms with van der Waals surface area (Å²) in [4.78, 5) is 47.4. The molecule has 27 heteroatoms. The maximum atomic E-state index is 11.1. The van der Waals surface area contributed by atoms with Gasteiger partial charge in [0, 0.05) is 0 Å². The topological polar surface area (TPSA) is 344 Å². The third-order valence-electron chi connectivity index (χ3n) is 12.0. The van der Waals surface area contributed by atoms with Gasteiger partial charge in [-0.05, 0) is 172 Å². The maximum absolute atomic E-state index is 11.1. The first-order valence-electron chi connectivity index (χ1n) is 24.9. The second-order valence-corrected chi connectivity index (χ2v) is 29.7. The van der Waals surface area contributed by atoms with Crippen LogP contribution in [0.5, 0.6) is 0 Å². The van der Waals surface area contributed by atoms with Crippen LogP contribution in [0.1, 0.15) is 153 Å². The van der Waals surface area contributed by atoms with E-state index in [2.05, 4.69) is 36.4 Å². The Kier molecular flexibility index (Phi) is 47.9. The number of hydrogen-bond donors (Lipinski definition) is 6. The average molecular weight is 1290 g/mol. The molecule has 78 heavy (non-hydrogen) atoms. The van der Waals surface area contributed by atoms with Crippen LogP contribution in [0.4, 0.5) is 0 Å². The number of hydrogen-bond acceptors (Lipinski definition) is 12. The molecule has 3 aromatic rings. The predicted molar refractivity (Wildman–Crippen MR) is 291 cm³/mol. The Morgan fingerprint density at radius 1 is 0.397 bits per heavy atom. The number of benzene rings is 3. The quantitative estimate of drug-likeness (QED) is 0.0166. The number of aryl methyl sites for hydroxylation is 3. The molecule has 0 saturated carbocycles. The van der Waals surface area contributed by atoms with Gasteiger partial charge in [-0.15, -0.1) is 0 Å². The van der Waals surface area contributed by atoms with E-state index >= 15 is 0 Å². The van der Waals surface area contributed by atoms with Gasteiger partial charge in [0.05, 0.1) is 0 Å². The van der Waals surface area contributed by atoms with E-state index in [0.717, 1.165) is 93.8 Å². The van der Waals surface area contributed by atoms with Crippen LogP contribution in [0.2, 0.25) is 0 Å². The molecule has 0 aromatic heterocycles. The Hall–Kier alpha value is 1.97.